The van der Waals surface area contributed by atoms with Gasteiger partial charge in [-0.15, -0.1) is 11.8 Å². The molecular weight excluding hydrogens is 370 g/mol. The first-order valence-corrected chi connectivity index (χ1v) is 10.2. The number of hydrogen-bond acceptors (Lipinski definition) is 5. The van der Waals surface area contributed by atoms with Crippen LogP contribution in [0.15, 0.2) is 77.4 Å². The second-order valence-electron chi connectivity index (χ2n) is 6.52. The molecule has 1 N–H and O–H groups in total. The Kier molecular flexibility index (Phi) is 4.96. The molecule has 1 aromatic heterocycles. The van der Waals surface area contributed by atoms with E-state index in [0.29, 0.717) is 5.57 Å². The maximum absolute atomic E-state index is 12.9. The Bertz CT molecular complexity index is 1080. The average Bonchev–Trinajstić information content (AvgIpc) is 3.09. The summed E-state index contributed by atoms with van der Waals surface area (Å²) in [5.74, 6) is 0.366. The van der Waals surface area contributed by atoms with E-state index in [9.17, 15) is 4.79 Å². The predicted molar refractivity (Wildman–Crippen MR) is 114 cm³/mol. The molecule has 2 heterocycles. The Hall–Kier alpha value is -2.99. The zero-order chi connectivity index (χ0) is 19.7. The Morgan fingerprint density at radius 2 is 2.04 bits per heavy atom. The molecule has 1 aliphatic heterocycles. The van der Waals surface area contributed by atoms with Crippen molar-refractivity contribution in [2.75, 3.05) is 18.2 Å². The molecule has 0 radical (unpaired) electrons. The van der Waals surface area contributed by atoms with Crippen LogP contribution in [0.25, 0.3) is 11.0 Å². The molecule has 0 bridgehead atoms. The predicted octanol–water partition coefficient (Wildman–Crippen LogP) is 4.78. The molecule has 2 aromatic carbocycles. The standard InChI is InChI=1S/C22H21N3O2S/c1-4-13-27-21(26)19-14(2)23-22-24-17-7-5-6-8-18(17)25(22)20(19)15-9-11-16(28-3)12-10-15/h4-12,20H,1,13H2,2-3H3,(H,23,24). The van der Waals surface area contributed by atoms with Crippen LogP contribution in [0.1, 0.15) is 18.5 Å². The first-order chi connectivity index (χ1) is 13.6. The molecule has 142 valence electrons. The number of nitrogens with zero attached hydrogens (tertiary/aromatic N) is 2. The topological polar surface area (TPSA) is 56.1 Å². The number of carbonyl (C=O) groups is 1. The molecule has 0 saturated heterocycles. The maximum atomic E-state index is 12.9. The minimum absolute atomic E-state index is 0.172. The van der Waals surface area contributed by atoms with Gasteiger partial charge in [0.1, 0.15) is 6.61 Å². The zero-order valence-electron chi connectivity index (χ0n) is 15.8. The van der Waals surface area contributed by atoms with Crippen LogP contribution in [0.3, 0.4) is 0 Å². The lowest BCUT2D eigenvalue weighted by Gasteiger charge is -2.30. The number of rotatable bonds is 5. The van der Waals surface area contributed by atoms with Gasteiger partial charge in [0.2, 0.25) is 5.95 Å². The average molecular weight is 391 g/mol. The quantitative estimate of drug-likeness (QED) is 0.385. The van der Waals surface area contributed by atoms with Crippen LogP contribution in [0, 0.1) is 0 Å². The molecule has 6 heteroatoms. The molecule has 0 spiro atoms. The van der Waals surface area contributed by atoms with Crippen molar-refractivity contribution >= 4 is 34.7 Å². The zero-order valence-corrected chi connectivity index (χ0v) is 16.6. The van der Waals surface area contributed by atoms with Gasteiger partial charge in [-0.1, -0.05) is 36.9 Å². The van der Waals surface area contributed by atoms with Gasteiger partial charge in [-0.25, -0.2) is 9.78 Å². The molecule has 3 aromatic rings. The first-order valence-electron chi connectivity index (χ1n) is 9.00. The number of aromatic nitrogens is 2. The number of carbonyl (C=O) groups excluding carboxylic acids is 1. The summed E-state index contributed by atoms with van der Waals surface area (Å²) in [6.07, 6.45) is 3.62. The smallest absolute Gasteiger partial charge is 0.338 e. The highest BCUT2D eigenvalue weighted by molar-refractivity contribution is 7.98. The second kappa shape index (κ2) is 7.56. The molecular formula is C22H21N3O2S. The van der Waals surface area contributed by atoms with Gasteiger partial charge in [0.25, 0.3) is 0 Å². The summed E-state index contributed by atoms with van der Waals surface area (Å²) in [5, 5.41) is 3.28. The van der Waals surface area contributed by atoms with Crippen LogP contribution >= 0.6 is 11.8 Å². The van der Waals surface area contributed by atoms with Gasteiger partial charge in [0, 0.05) is 10.6 Å². The molecule has 0 amide bonds. The Morgan fingerprint density at radius 3 is 2.75 bits per heavy atom. The van der Waals surface area contributed by atoms with E-state index < -0.39 is 0 Å². The van der Waals surface area contributed by atoms with Gasteiger partial charge in [-0.05, 0) is 43.0 Å². The largest absolute Gasteiger partial charge is 0.458 e. The number of allylic oxidation sites excluding steroid dienone is 1. The molecule has 0 fully saturated rings. The summed E-state index contributed by atoms with van der Waals surface area (Å²) in [5.41, 5.74) is 4.17. The fraction of sp³-hybridized carbons (Fsp3) is 0.182. The van der Waals surface area contributed by atoms with Crippen molar-refractivity contribution in [3.63, 3.8) is 0 Å². The Labute approximate surface area is 168 Å². The van der Waals surface area contributed by atoms with Gasteiger partial charge in [-0.3, -0.25) is 4.57 Å². The third kappa shape index (κ3) is 3.10. The molecule has 0 saturated carbocycles. The van der Waals surface area contributed by atoms with E-state index in [1.165, 1.54) is 4.90 Å². The van der Waals surface area contributed by atoms with Gasteiger partial charge in [0.15, 0.2) is 0 Å². The van der Waals surface area contributed by atoms with E-state index in [1.54, 1.807) is 17.8 Å². The molecule has 1 aliphatic rings. The van der Waals surface area contributed by atoms with Crippen molar-refractivity contribution in [1.82, 2.24) is 9.55 Å². The lowest BCUT2D eigenvalue weighted by molar-refractivity contribution is -0.138. The summed E-state index contributed by atoms with van der Waals surface area (Å²) in [7, 11) is 0. The van der Waals surface area contributed by atoms with Crippen molar-refractivity contribution in [2.24, 2.45) is 0 Å². The van der Waals surface area contributed by atoms with Crippen LogP contribution in [-0.2, 0) is 9.53 Å². The molecule has 1 atom stereocenters. The molecule has 4 rings (SSSR count). The number of ether oxygens (including phenoxy) is 1. The molecule has 0 aliphatic carbocycles. The third-order valence-electron chi connectivity index (χ3n) is 4.81. The van der Waals surface area contributed by atoms with Crippen LogP contribution in [0.5, 0.6) is 0 Å². The van der Waals surface area contributed by atoms with E-state index in [2.05, 4.69) is 40.7 Å². The number of benzene rings is 2. The van der Waals surface area contributed by atoms with Gasteiger partial charge >= 0.3 is 5.97 Å². The summed E-state index contributed by atoms with van der Waals surface area (Å²) in [6, 6.07) is 15.9. The highest BCUT2D eigenvalue weighted by atomic mass is 32.2. The molecule has 5 nitrogen and oxygen atoms in total. The molecule has 1 unspecified atom stereocenters. The minimum Gasteiger partial charge on any atom is -0.458 e. The first kappa shape index (κ1) is 18.4. The van der Waals surface area contributed by atoms with Crippen molar-refractivity contribution in [2.45, 2.75) is 17.9 Å². The highest BCUT2D eigenvalue weighted by Gasteiger charge is 2.34. The van der Waals surface area contributed by atoms with Gasteiger partial charge < -0.3 is 10.1 Å². The SMILES string of the molecule is C=CCOC(=O)C1=C(C)Nc2nc3ccccc3n2C1c1ccc(SC)cc1. The van der Waals surface area contributed by atoms with Crippen molar-refractivity contribution < 1.29 is 9.53 Å². The monoisotopic (exact) mass is 391 g/mol. The second-order valence-corrected chi connectivity index (χ2v) is 7.40. The minimum atomic E-state index is -0.354. The third-order valence-corrected chi connectivity index (χ3v) is 5.56. The summed E-state index contributed by atoms with van der Waals surface area (Å²) < 4.78 is 7.48. The number of para-hydroxylation sites is 2. The van der Waals surface area contributed by atoms with Crippen molar-refractivity contribution in [1.29, 1.82) is 0 Å². The van der Waals surface area contributed by atoms with Crippen LogP contribution in [-0.4, -0.2) is 28.4 Å². The number of fused-ring (bicyclic) bond motifs is 3. The normalized spacial score (nSPS) is 15.9. The van der Waals surface area contributed by atoms with Crippen LogP contribution in [0.2, 0.25) is 0 Å². The fourth-order valence-electron chi connectivity index (χ4n) is 3.54. The fourth-order valence-corrected chi connectivity index (χ4v) is 3.95. The number of thioether (sulfide) groups is 1. The number of imidazole rings is 1. The maximum Gasteiger partial charge on any atom is 0.338 e. The van der Waals surface area contributed by atoms with E-state index in [-0.39, 0.29) is 18.6 Å². The number of esters is 1. The molecule has 28 heavy (non-hydrogen) atoms. The lowest BCUT2D eigenvalue weighted by Crippen LogP contribution is -2.29. The highest BCUT2D eigenvalue weighted by Crippen LogP contribution is 2.39. The van der Waals surface area contributed by atoms with E-state index in [1.807, 2.05) is 37.4 Å². The van der Waals surface area contributed by atoms with Gasteiger partial charge in [0.05, 0.1) is 22.6 Å². The Balaban J connectivity index is 1.91. The van der Waals surface area contributed by atoms with E-state index in [0.717, 1.165) is 28.2 Å². The summed E-state index contributed by atoms with van der Waals surface area (Å²) in [4.78, 5) is 18.8. The number of nitrogens with one attached hydrogen (secondary N) is 1. The number of anilines is 1. The van der Waals surface area contributed by atoms with Gasteiger partial charge in [-0.2, -0.15) is 0 Å². The Morgan fingerprint density at radius 1 is 1.29 bits per heavy atom. The van der Waals surface area contributed by atoms with E-state index >= 15 is 0 Å². The lowest BCUT2D eigenvalue weighted by atomic mass is 9.95. The van der Waals surface area contributed by atoms with Crippen LogP contribution in [0.4, 0.5) is 5.95 Å². The number of hydrogen-bond donors (Lipinski definition) is 1. The summed E-state index contributed by atoms with van der Waals surface area (Å²) in [6.45, 7) is 5.69. The van der Waals surface area contributed by atoms with E-state index in [4.69, 9.17) is 9.72 Å². The van der Waals surface area contributed by atoms with Crippen molar-refractivity contribution in [3.8, 4) is 0 Å². The summed E-state index contributed by atoms with van der Waals surface area (Å²) >= 11 is 1.69. The van der Waals surface area contributed by atoms with Crippen LogP contribution < -0.4 is 5.32 Å². The van der Waals surface area contributed by atoms with Crippen molar-refractivity contribution in [3.05, 3.63) is 78.0 Å².